The van der Waals surface area contributed by atoms with Crippen molar-refractivity contribution in [2.24, 2.45) is 5.73 Å². The molecule has 1 aromatic carbocycles. The fourth-order valence-electron chi connectivity index (χ4n) is 3.21. The van der Waals surface area contributed by atoms with Crippen LogP contribution in [0.1, 0.15) is 18.4 Å². The minimum absolute atomic E-state index is 0.117. The zero-order valence-corrected chi connectivity index (χ0v) is 17.1. The second-order valence-corrected chi connectivity index (χ2v) is 8.73. The Morgan fingerprint density at radius 1 is 1.22 bits per heavy atom. The molecule has 14 heteroatoms. The predicted molar refractivity (Wildman–Crippen MR) is 105 cm³/mol. The first-order valence-electron chi connectivity index (χ1n) is 8.91. The molecule has 0 radical (unpaired) electrons. The van der Waals surface area contributed by atoms with Crippen molar-refractivity contribution in [3.63, 3.8) is 0 Å². The molecule has 0 aliphatic carbocycles. The highest BCUT2D eigenvalue weighted by atomic mass is 32.2. The van der Waals surface area contributed by atoms with Crippen LogP contribution in [0.2, 0.25) is 0 Å². The van der Waals surface area contributed by atoms with E-state index in [9.17, 15) is 36.0 Å². The van der Waals surface area contributed by atoms with Gasteiger partial charge in [0.1, 0.15) is 6.04 Å². The number of anilines is 2. The highest BCUT2D eigenvalue weighted by Gasteiger charge is 2.47. The number of alkyl halides is 3. The van der Waals surface area contributed by atoms with Gasteiger partial charge in [-0.05, 0) is 35.9 Å². The van der Waals surface area contributed by atoms with E-state index in [0.717, 1.165) is 12.1 Å². The lowest BCUT2D eigenvalue weighted by Crippen LogP contribution is -2.35. The Kier molecular flexibility index (Phi) is 5.82. The average molecular weight is 471 g/mol. The van der Waals surface area contributed by atoms with E-state index < -0.39 is 50.2 Å². The van der Waals surface area contributed by atoms with Crippen LogP contribution in [-0.2, 0) is 14.6 Å². The first-order chi connectivity index (χ1) is 14.8. The number of hydrogen-bond donors (Lipinski definition) is 3. The van der Waals surface area contributed by atoms with Crippen LogP contribution in [0.15, 0.2) is 47.6 Å². The van der Waals surface area contributed by atoms with Crippen molar-refractivity contribution in [1.82, 2.24) is 10.3 Å². The molecule has 1 aromatic heterocycles. The molecule has 2 unspecified atom stereocenters. The lowest BCUT2D eigenvalue weighted by Gasteiger charge is -2.20. The number of carbonyl (C=O) groups is 3. The Morgan fingerprint density at radius 2 is 1.84 bits per heavy atom. The Balaban J connectivity index is 1.88. The number of imide groups is 1. The first-order valence-corrected chi connectivity index (χ1v) is 10.4. The van der Waals surface area contributed by atoms with E-state index in [1.807, 2.05) is 0 Å². The molecule has 1 aliphatic rings. The summed E-state index contributed by atoms with van der Waals surface area (Å²) >= 11 is 0. The number of nitrogens with one attached hydrogen (secondary N) is 2. The summed E-state index contributed by atoms with van der Waals surface area (Å²) in [7, 11) is -5.57. The predicted octanol–water partition coefficient (Wildman–Crippen LogP) is 2.09. The number of hydrogen-bond acceptors (Lipinski definition) is 6. The summed E-state index contributed by atoms with van der Waals surface area (Å²) in [4.78, 5) is 40.1. The minimum atomic E-state index is -5.57. The standard InChI is InChI=1S/C18H16F3N5O5S/c1-9(12-6-7-23-8-13(12)24-16(22)28)14-15(27)26(17(29)25-14)10-2-4-11(5-3-10)32(30,31)18(19,20)21/h2-9,14H,1H3,(H,25,29)(H3,22,24,28). The summed E-state index contributed by atoms with van der Waals surface area (Å²) in [5, 5.41) is 4.84. The van der Waals surface area contributed by atoms with Crippen LogP contribution in [0.25, 0.3) is 0 Å². The van der Waals surface area contributed by atoms with Crippen LogP contribution in [-0.4, -0.2) is 42.9 Å². The molecule has 3 rings (SSSR count). The molecule has 1 saturated heterocycles. The molecule has 10 nitrogen and oxygen atoms in total. The lowest BCUT2D eigenvalue weighted by molar-refractivity contribution is -0.118. The third-order valence-electron chi connectivity index (χ3n) is 4.78. The first kappa shape index (κ1) is 23.0. The SMILES string of the molecule is CC(c1ccncc1NC(N)=O)C1NC(=O)N(c2ccc(S(=O)(=O)C(F)(F)F)cc2)C1=O. The van der Waals surface area contributed by atoms with Crippen molar-refractivity contribution in [1.29, 1.82) is 0 Å². The van der Waals surface area contributed by atoms with Crippen LogP contribution < -0.4 is 21.3 Å². The number of sulfone groups is 1. The van der Waals surface area contributed by atoms with Crippen LogP contribution in [0, 0.1) is 0 Å². The van der Waals surface area contributed by atoms with E-state index in [1.54, 1.807) is 6.92 Å². The van der Waals surface area contributed by atoms with Gasteiger partial charge in [0.25, 0.3) is 15.7 Å². The highest BCUT2D eigenvalue weighted by molar-refractivity contribution is 7.92. The number of urea groups is 2. The van der Waals surface area contributed by atoms with Gasteiger partial charge in [0, 0.05) is 12.1 Å². The molecular weight excluding hydrogens is 455 g/mol. The number of nitrogens with zero attached hydrogens (tertiary/aromatic N) is 2. The average Bonchev–Trinajstić information content (AvgIpc) is 3.00. The second kappa shape index (κ2) is 8.11. The van der Waals surface area contributed by atoms with Crippen molar-refractivity contribution in [3.05, 3.63) is 48.3 Å². The number of aromatic nitrogens is 1. The van der Waals surface area contributed by atoms with Gasteiger partial charge in [-0.25, -0.2) is 22.9 Å². The molecule has 32 heavy (non-hydrogen) atoms. The van der Waals surface area contributed by atoms with Gasteiger partial charge in [0.15, 0.2) is 0 Å². The maximum Gasteiger partial charge on any atom is 0.501 e. The number of benzene rings is 1. The van der Waals surface area contributed by atoms with Crippen molar-refractivity contribution in [2.75, 3.05) is 10.2 Å². The Labute approximate surface area is 179 Å². The molecule has 0 bridgehead atoms. The Bertz CT molecular complexity index is 1180. The van der Waals surface area contributed by atoms with Crippen molar-refractivity contribution in [2.45, 2.75) is 29.3 Å². The molecule has 1 fully saturated rings. The molecule has 2 heterocycles. The smallest absolute Gasteiger partial charge is 0.351 e. The molecule has 5 amide bonds. The summed E-state index contributed by atoms with van der Waals surface area (Å²) < 4.78 is 61.1. The number of pyridine rings is 1. The number of nitrogens with two attached hydrogens (primary N) is 1. The fourth-order valence-corrected chi connectivity index (χ4v) is 3.97. The third-order valence-corrected chi connectivity index (χ3v) is 6.28. The minimum Gasteiger partial charge on any atom is -0.351 e. The summed E-state index contributed by atoms with van der Waals surface area (Å²) in [6, 6.07) is 1.90. The molecule has 1 aliphatic heterocycles. The number of halogens is 3. The van der Waals surface area contributed by atoms with E-state index in [2.05, 4.69) is 15.6 Å². The number of amides is 5. The maximum atomic E-state index is 12.9. The van der Waals surface area contributed by atoms with Gasteiger partial charge in [0.2, 0.25) is 0 Å². The van der Waals surface area contributed by atoms with Crippen LogP contribution in [0.5, 0.6) is 0 Å². The van der Waals surface area contributed by atoms with Gasteiger partial charge in [-0.3, -0.25) is 9.78 Å². The summed E-state index contributed by atoms with van der Waals surface area (Å²) in [5.74, 6) is -1.39. The molecule has 170 valence electrons. The normalized spacial score (nSPS) is 17.8. The van der Waals surface area contributed by atoms with Crippen LogP contribution >= 0.6 is 0 Å². The number of carbonyl (C=O) groups excluding carboxylic acids is 3. The Hall–Kier alpha value is -3.68. The van der Waals surface area contributed by atoms with Gasteiger partial charge in [-0.2, -0.15) is 13.2 Å². The van der Waals surface area contributed by atoms with Gasteiger partial charge < -0.3 is 16.4 Å². The second-order valence-electron chi connectivity index (χ2n) is 6.78. The van der Waals surface area contributed by atoms with Gasteiger partial charge in [-0.1, -0.05) is 6.92 Å². The van der Waals surface area contributed by atoms with Gasteiger partial charge >= 0.3 is 17.6 Å². The molecular formula is C18H16F3N5O5S. The van der Waals surface area contributed by atoms with Crippen molar-refractivity contribution in [3.8, 4) is 0 Å². The van der Waals surface area contributed by atoms with E-state index in [-0.39, 0.29) is 11.4 Å². The molecule has 2 aromatic rings. The maximum absolute atomic E-state index is 12.9. The van der Waals surface area contributed by atoms with Crippen LogP contribution in [0.4, 0.5) is 34.1 Å². The number of rotatable bonds is 5. The summed E-state index contributed by atoms with van der Waals surface area (Å²) in [6.45, 7) is 1.60. The topological polar surface area (TPSA) is 152 Å². The molecule has 0 spiro atoms. The third kappa shape index (κ3) is 4.08. The van der Waals surface area contributed by atoms with E-state index >= 15 is 0 Å². The fraction of sp³-hybridized carbons (Fsp3) is 0.222. The van der Waals surface area contributed by atoms with Crippen molar-refractivity contribution < 1.29 is 36.0 Å². The zero-order valence-electron chi connectivity index (χ0n) is 16.3. The molecule has 4 N–H and O–H groups in total. The lowest BCUT2D eigenvalue weighted by atomic mass is 9.92. The monoisotopic (exact) mass is 471 g/mol. The van der Waals surface area contributed by atoms with Crippen LogP contribution in [0.3, 0.4) is 0 Å². The zero-order chi connectivity index (χ0) is 23.8. The van der Waals surface area contributed by atoms with Crippen molar-refractivity contribution >= 4 is 39.2 Å². The quantitative estimate of drug-likeness (QED) is 0.568. The highest BCUT2D eigenvalue weighted by Crippen LogP contribution is 2.33. The Morgan fingerprint density at radius 3 is 2.41 bits per heavy atom. The summed E-state index contributed by atoms with van der Waals surface area (Å²) in [5.41, 5.74) is 0.203. The molecule has 2 atom stereocenters. The molecule has 0 saturated carbocycles. The van der Waals surface area contributed by atoms with E-state index in [0.29, 0.717) is 22.6 Å². The largest absolute Gasteiger partial charge is 0.501 e. The van der Waals surface area contributed by atoms with Gasteiger partial charge in [-0.15, -0.1) is 0 Å². The van der Waals surface area contributed by atoms with Gasteiger partial charge in [0.05, 0.1) is 22.5 Å². The summed E-state index contributed by atoms with van der Waals surface area (Å²) in [6.07, 6.45) is 2.73. The van der Waals surface area contributed by atoms with E-state index in [1.165, 1.54) is 18.5 Å². The number of primary amides is 1. The van der Waals surface area contributed by atoms with E-state index in [4.69, 9.17) is 5.73 Å².